The number of aliphatic hydroxyl groups excluding tert-OH is 1. The van der Waals surface area contributed by atoms with E-state index in [9.17, 15) is 5.11 Å². The maximum Gasteiger partial charge on any atom is 0.119 e. The molecule has 1 aliphatic rings. The summed E-state index contributed by atoms with van der Waals surface area (Å²) >= 11 is 0. The van der Waals surface area contributed by atoms with Crippen molar-refractivity contribution < 1.29 is 9.84 Å². The van der Waals surface area contributed by atoms with Crippen LogP contribution in [0.4, 0.5) is 0 Å². The van der Waals surface area contributed by atoms with E-state index in [1.54, 1.807) is 0 Å². The molecule has 0 bridgehead atoms. The molecule has 1 atom stereocenters. The SMILES string of the molecule is Cc1cc(C)cc(OCCC(O)C2CCNCC2)c1. The molecule has 0 aromatic heterocycles. The smallest absolute Gasteiger partial charge is 0.119 e. The quantitative estimate of drug-likeness (QED) is 0.857. The molecule has 106 valence electrons. The lowest BCUT2D eigenvalue weighted by molar-refractivity contribution is 0.0674. The highest BCUT2D eigenvalue weighted by molar-refractivity contribution is 5.32. The highest BCUT2D eigenvalue weighted by atomic mass is 16.5. The van der Waals surface area contributed by atoms with E-state index in [-0.39, 0.29) is 6.10 Å². The van der Waals surface area contributed by atoms with E-state index >= 15 is 0 Å². The average Bonchev–Trinajstić information content (AvgIpc) is 2.38. The van der Waals surface area contributed by atoms with Gasteiger partial charge >= 0.3 is 0 Å². The van der Waals surface area contributed by atoms with E-state index in [1.165, 1.54) is 11.1 Å². The van der Waals surface area contributed by atoms with Crippen LogP contribution in [0.3, 0.4) is 0 Å². The molecule has 19 heavy (non-hydrogen) atoms. The Hall–Kier alpha value is -1.06. The van der Waals surface area contributed by atoms with E-state index in [0.717, 1.165) is 38.1 Å². The second kappa shape index (κ2) is 6.92. The number of aryl methyl sites for hydroxylation is 2. The normalized spacial score (nSPS) is 18.3. The summed E-state index contributed by atoms with van der Waals surface area (Å²) in [5, 5.41) is 13.5. The van der Waals surface area contributed by atoms with Crippen molar-refractivity contribution in [3.05, 3.63) is 29.3 Å². The van der Waals surface area contributed by atoms with Crippen molar-refractivity contribution in [2.75, 3.05) is 19.7 Å². The first-order valence-electron chi connectivity index (χ1n) is 7.25. The molecule has 0 radical (unpaired) electrons. The van der Waals surface area contributed by atoms with Crippen LogP contribution < -0.4 is 10.1 Å². The van der Waals surface area contributed by atoms with Crippen LogP contribution in [0.1, 0.15) is 30.4 Å². The summed E-state index contributed by atoms with van der Waals surface area (Å²) in [7, 11) is 0. The third kappa shape index (κ3) is 4.51. The van der Waals surface area contributed by atoms with Gasteiger partial charge in [0.2, 0.25) is 0 Å². The minimum absolute atomic E-state index is 0.229. The lowest BCUT2D eigenvalue weighted by atomic mass is 9.91. The first-order valence-corrected chi connectivity index (χ1v) is 7.25. The third-order valence-corrected chi connectivity index (χ3v) is 3.81. The number of piperidine rings is 1. The molecular formula is C16H25NO2. The van der Waals surface area contributed by atoms with E-state index < -0.39 is 0 Å². The molecular weight excluding hydrogens is 238 g/mol. The van der Waals surface area contributed by atoms with Gasteiger partial charge in [0.15, 0.2) is 0 Å². The number of hydrogen-bond acceptors (Lipinski definition) is 3. The van der Waals surface area contributed by atoms with Gasteiger partial charge in [-0.25, -0.2) is 0 Å². The summed E-state index contributed by atoms with van der Waals surface area (Å²) in [6, 6.07) is 6.23. The summed E-state index contributed by atoms with van der Waals surface area (Å²) in [6.45, 7) is 6.79. The van der Waals surface area contributed by atoms with Gasteiger partial charge in [0.05, 0.1) is 12.7 Å². The number of benzene rings is 1. The van der Waals surface area contributed by atoms with Crippen molar-refractivity contribution >= 4 is 0 Å². The Balaban J connectivity index is 1.76. The number of nitrogens with one attached hydrogen (secondary N) is 1. The Bertz CT molecular complexity index is 379. The Morgan fingerprint density at radius 2 is 1.84 bits per heavy atom. The van der Waals surface area contributed by atoms with Gasteiger partial charge < -0.3 is 15.2 Å². The van der Waals surface area contributed by atoms with E-state index in [1.807, 2.05) is 12.1 Å². The Morgan fingerprint density at radius 3 is 2.47 bits per heavy atom. The minimum atomic E-state index is -0.229. The molecule has 0 amide bonds. The van der Waals surface area contributed by atoms with Crippen LogP contribution in [0.25, 0.3) is 0 Å². The third-order valence-electron chi connectivity index (χ3n) is 3.81. The number of ether oxygens (including phenoxy) is 1. The van der Waals surface area contributed by atoms with Crippen molar-refractivity contribution in [1.82, 2.24) is 5.32 Å². The number of aliphatic hydroxyl groups is 1. The van der Waals surface area contributed by atoms with Crippen molar-refractivity contribution in [3.8, 4) is 5.75 Å². The van der Waals surface area contributed by atoms with E-state index in [4.69, 9.17) is 4.74 Å². The fourth-order valence-corrected chi connectivity index (χ4v) is 2.78. The summed E-state index contributed by atoms with van der Waals surface area (Å²) < 4.78 is 5.75. The lowest BCUT2D eigenvalue weighted by Crippen LogP contribution is -2.34. The number of rotatable bonds is 5. The van der Waals surface area contributed by atoms with Gasteiger partial charge in [0.1, 0.15) is 5.75 Å². The molecule has 0 spiro atoms. The molecule has 0 saturated carbocycles. The molecule has 1 aromatic rings. The topological polar surface area (TPSA) is 41.5 Å². The zero-order valence-electron chi connectivity index (χ0n) is 12.0. The molecule has 1 aliphatic heterocycles. The highest BCUT2D eigenvalue weighted by Crippen LogP contribution is 2.20. The summed E-state index contributed by atoms with van der Waals surface area (Å²) in [5.74, 6) is 1.35. The van der Waals surface area contributed by atoms with Crippen molar-refractivity contribution in [2.24, 2.45) is 5.92 Å². The zero-order chi connectivity index (χ0) is 13.7. The molecule has 2 rings (SSSR count). The molecule has 1 fully saturated rings. The van der Waals surface area contributed by atoms with Crippen LogP contribution in [0.15, 0.2) is 18.2 Å². The van der Waals surface area contributed by atoms with Crippen LogP contribution in [0.5, 0.6) is 5.75 Å². The second-order valence-corrected chi connectivity index (χ2v) is 5.62. The lowest BCUT2D eigenvalue weighted by Gasteiger charge is -2.27. The summed E-state index contributed by atoms with van der Waals surface area (Å²) in [5.41, 5.74) is 2.43. The molecule has 0 aliphatic carbocycles. The molecule has 1 saturated heterocycles. The maximum absolute atomic E-state index is 10.2. The first kappa shape index (κ1) is 14.4. The highest BCUT2D eigenvalue weighted by Gasteiger charge is 2.21. The predicted octanol–water partition coefficient (Wildman–Crippen LogP) is 2.43. The fourth-order valence-electron chi connectivity index (χ4n) is 2.78. The van der Waals surface area contributed by atoms with Crippen molar-refractivity contribution in [3.63, 3.8) is 0 Å². The maximum atomic E-state index is 10.2. The average molecular weight is 263 g/mol. The van der Waals surface area contributed by atoms with Gasteiger partial charge in [-0.1, -0.05) is 6.07 Å². The van der Waals surface area contributed by atoms with Gasteiger partial charge in [-0.2, -0.15) is 0 Å². The van der Waals surface area contributed by atoms with Gasteiger partial charge in [-0.3, -0.25) is 0 Å². The van der Waals surface area contributed by atoms with Crippen molar-refractivity contribution in [2.45, 2.75) is 39.2 Å². The largest absolute Gasteiger partial charge is 0.493 e. The molecule has 3 heteroatoms. The van der Waals surface area contributed by atoms with Crippen LogP contribution in [-0.4, -0.2) is 30.9 Å². The fraction of sp³-hybridized carbons (Fsp3) is 0.625. The minimum Gasteiger partial charge on any atom is -0.493 e. The van der Waals surface area contributed by atoms with Crippen LogP contribution in [0.2, 0.25) is 0 Å². The van der Waals surface area contributed by atoms with Crippen LogP contribution in [0, 0.1) is 19.8 Å². The van der Waals surface area contributed by atoms with Crippen molar-refractivity contribution in [1.29, 1.82) is 0 Å². The molecule has 1 aromatic carbocycles. The summed E-state index contributed by atoms with van der Waals surface area (Å²) in [4.78, 5) is 0. The summed E-state index contributed by atoms with van der Waals surface area (Å²) in [6.07, 6.45) is 2.64. The standard InChI is InChI=1S/C16H25NO2/c1-12-9-13(2)11-15(10-12)19-8-5-16(18)14-3-6-17-7-4-14/h9-11,14,16-18H,3-8H2,1-2H3. The Kier molecular flexibility index (Phi) is 5.23. The Labute approximate surface area is 116 Å². The van der Waals surface area contributed by atoms with Gasteiger partial charge in [-0.15, -0.1) is 0 Å². The van der Waals surface area contributed by atoms with Crippen LogP contribution >= 0.6 is 0 Å². The van der Waals surface area contributed by atoms with E-state index in [0.29, 0.717) is 12.5 Å². The van der Waals surface area contributed by atoms with E-state index in [2.05, 4.69) is 25.2 Å². The Morgan fingerprint density at radius 1 is 1.21 bits per heavy atom. The van der Waals surface area contributed by atoms with Gasteiger partial charge in [0.25, 0.3) is 0 Å². The van der Waals surface area contributed by atoms with Gasteiger partial charge in [-0.05, 0) is 69.0 Å². The zero-order valence-corrected chi connectivity index (χ0v) is 12.0. The second-order valence-electron chi connectivity index (χ2n) is 5.62. The first-order chi connectivity index (χ1) is 9.15. The predicted molar refractivity (Wildman–Crippen MR) is 77.6 cm³/mol. The molecule has 3 nitrogen and oxygen atoms in total. The number of hydrogen-bond donors (Lipinski definition) is 2. The van der Waals surface area contributed by atoms with Crippen LogP contribution in [-0.2, 0) is 0 Å². The van der Waals surface area contributed by atoms with Gasteiger partial charge in [0, 0.05) is 6.42 Å². The molecule has 2 N–H and O–H groups in total. The molecule has 1 heterocycles. The monoisotopic (exact) mass is 263 g/mol. The molecule has 1 unspecified atom stereocenters.